The van der Waals surface area contributed by atoms with E-state index in [1.54, 1.807) is 121 Å². The second-order valence-electron chi connectivity index (χ2n) is 10.7. The molecule has 0 atom stereocenters. The SMILES string of the molecule is CC(C)(C(=O)OC(=O)C(C)(C)C(F)(c1ccccc1)c1ccccc1)C(F)(c1ccccc1)c1ccccc1. The van der Waals surface area contributed by atoms with Gasteiger partial charge in [-0.15, -0.1) is 0 Å². The molecule has 0 amide bonds. The van der Waals surface area contributed by atoms with Crippen LogP contribution in [0.4, 0.5) is 8.78 Å². The molecule has 0 aliphatic heterocycles. The molecule has 5 heteroatoms. The second kappa shape index (κ2) is 10.6. The molecule has 0 saturated carbocycles. The summed E-state index contributed by atoms with van der Waals surface area (Å²) >= 11 is 0. The van der Waals surface area contributed by atoms with Crippen molar-refractivity contribution >= 4 is 11.9 Å². The highest BCUT2D eigenvalue weighted by Crippen LogP contribution is 2.52. The van der Waals surface area contributed by atoms with Crippen LogP contribution in [0.5, 0.6) is 0 Å². The second-order valence-corrected chi connectivity index (χ2v) is 10.7. The summed E-state index contributed by atoms with van der Waals surface area (Å²) in [5.74, 6) is -2.20. The zero-order chi connectivity index (χ0) is 28.3. The predicted molar refractivity (Wildman–Crippen MR) is 148 cm³/mol. The van der Waals surface area contributed by atoms with Crippen LogP contribution in [0.25, 0.3) is 0 Å². The molecule has 4 aromatic rings. The fraction of sp³-hybridized carbons (Fsp3) is 0.235. The smallest absolute Gasteiger partial charge is 0.323 e. The van der Waals surface area contributed by atoms with Crippen molar-refractivity contribution in [2.24, 2.45) is 10.8 Å². The molecule has 0 aliphatic rings. The van der Waals surface area contributed by atoms with Gasteiger partial charge in [-0.2, -0.15) is 0 Å². The summed E-state index contributed by atoms with van der Waals surface area (Å²) in [6.07, 6.45) is 0. The van der Waals surface area contributed by atoms with Gasteiger partial charge in [-0.25, -0.2) is 8.78 Å². The van der Waals surface area contributed by atoms with E-state index < -0.39 is 34.1 Å². The molecule has 0 heterocycles. The largest absolute Gasteiger partial charge is 0.392 e. The van der Waals surface area contributed by atoms with E-state index in [4.69, 9.17) is 4.74 Å². The molecule has 0 spiro atoms. The lowest BCUT2D eigenvalue weighted by Crippen LogP contribution is -2.50. The van der Waals surface area contributed by atoms with Crippen molar-refractivity contribution in [2.75, 3.05) is 0 Å². The van der Waals surface area contributed by atoms with Gasteiger partial charge in [-0.1, -0.05) is 121 Å². The van der Waals surface area contributed by atoms with Crippen LogP contribution in [0, 0.1) is 10.8 Å². The molecular weight excluding hydrogens is 494 g/mol. The molecule has 0 radical (unpaired) electrons. The van der Waals surface area contributed by atoms with Crippen molar-refractivity contribution in [3.8, 4) is 0 Å². The van der Waals surface area contributed by atoms with Crippen LogP contribution in [0.3, 0.4) is 0 Å². The molecule has 0 fully saturated rings. The van der Waals surface area contributed by atoms with Gasteiger partial charge in [0.15, 0.2) is 11.3 Å². The Hall–Kier alpha value is -4.12. The van der Waals surface area contributed by atoms with Gasteiger partial charge in [0.05, 0.1) is 0 Å². The van der Waals surface area contributed by atoms with E-state index in [-0.39, 0.29) is 22.3 Å². The third kappa shape index (κ3) is 4.67. The number of alkyl halides is 2. The van der Waals surface area contributed by atoms with E-state index in [0.29, 0.717) is 0 Å². The van der Waals surface area contributed by atoms with Crippen molar-refractivity contribution in [3.05, 3.63) is 144 Å². The maximum atomic E-state index is 17.3. The molecule has 0 bridgehead atoms. The Morgan fingerprint density at radius 2 is 0.667 bits per heavy atom. The molecule has 200 valence electrons. The first-order valence-corrected chi connectivity index (χ1v) is 12.8. The lowest BCUT2D eigenvalue weighted by molar-refractivity contribution is -0.181. The van der Waals surface area contributed by atoms with E-state index in [9.17, 15) is 9.59 Å². The standard InChI is InChI=1S/C34H32F2O3/c1-31(2,33(35,25-17-9-5-10-18-25)26-19-11-6-12-20-26)29(37)39-30(38)32(3,4)34(36,27-21-13-7-14-22-27)28-23-15-8-16-24-28/h5-24H,1-4H3. The number of esters is 2. The molecule has 3 nitrogen and oxygen atoms in total. The monoisotopic (exact) mass is 526 g/mol. The van der Waals surface area contributed by atoms with E-state index >= 15 is 8.78 Å². The average Bonchev–Trinajstić information content (AvgIpc) is 2.97. The fourth-order valence-corrected chi connectivity index (χ4v) is 5.07. The average molecular weight is 527 g/mol. The number of carbonyl (C=O) groups is 2. The summed E-state index contributed by atoms with van der Waals surface area (Å²) in [5, 5.41) is 0. The van der Waals surface area contributed by atoms with Crippen LogP contribution in [-0.4, -0.2) is 11.9 Å². The van der Waals surface area contributed by atoms with Crippen molar-refractivity contribution in [2.45, 2.75) is 39.0 Å². The minimum Gasteiger partial charge on any atom is -0.392 e. The highest BCUT2D eigenvalue weighted by atomic mass is 19.1. The lowest BCUT2D eigenvalue weighted by Gasteiger charge is -2.41. The number of carbonyl (C=O) groups excluding carboxylic acids is 2. The topological polar surface area (TPSA) is 43.4 Å². The van der Waals surface area contributed by atoms with Crippen molar-refractivity contribution in [3.63, 3.8) is 0 Å². The molecule has 0 unspecified atom stereocenters. The Labute approximate surface area is 228 Å². The van der Waals surface area contributed by atoms with Gasteiger partial charge in [-0.3, -0.25) is 9.59 Å². The normalized spacial score (nSPS) is 12.6. The van der Waals surface area contributed by atoms with E-state index in [1.807, 2.05) is 0 Å². The Balaban J connectivity index is 1.75. The molecule has 0 aromatic heterocycles. The summed E-state index contributed by atoms with van der Waals surface area (Å²) in [6, 6.07) is 33.1. The maximum Gasteiger partial charge on any atom is 0.323 e. The Kier molecular flexibility index (Phi) is 7.56. The zero-order valence-electron chi connectivity index (χ0n) is 22.5. The number of hydrogen-bond donors (Lipinski definition) is 0. The molecule has 4 aromatic carbocycles. The van der Waals surface area contributed by atoms with Gasteiger partial charge in [0, 0.05) is 0 Å². The zero-order valence-corrected chi connectivity index (χ0v) is 22.5. The van der Waals surface area contributed by atoms with E-state index in [1.165, 1.54) is 27.7 Å². The van der Waals surface area contributed by atoms with Gasteiger partial charge in [0.2, 0.25) is 0 Å². The summed E-state index contributed by atoms with van der Waals surface area (Å²) in [7, 11) is 0. The first kappa shape index (κ1) is 27.9. The lowest BCUT2D eigenvalue weighted by atomic mass is 9.67. The molecule has 4 rings (SSSR count). The van der Waals surface area contributed by atoms with Crippen LogP contribution >= 0.6 is 0 Å². The summed E-state index contributed by atoms with van der Waals surface area (Å²) < 4.78 is 40.0. The van der Waals surface area contributed by atoms with E-state index in [2.05, 4.69) is 0 Å². The number of halogens is 2. The van der Waals surface area contributed by atoms with Crippen molar-refractivity contribution in [1.82, 2.24) is 0 Å². The van der Waals surface area contributed by atoms with Gasteiger partial charge in [0.1, 0.15) is 10.8 Å². The van der Waals surface area contributed by atoms with Crippen LogP contribution in [-0.2, 0) is 25.7 Å². The van der Waals surface area contributed by atoms with Crippen molar-refractivity contribution in [1.29, 1.82) is 0 Å². The Morgan fingerprint density at radius 1 is 0.462 bits per heavy atom. The summed E-state index contributed by atoms with van der Waals surface area (Å²) in [5.41, 5.74) is -7.47. The fourth-order valence-electron chi connectivity index (χ4n) is 5.07. The number of benzene rings is 4. The number of ether oxygens (including phenoxy) is 1. The molecular formula is C34H32F2O3. The van der Waals surface area contributed by atoms with Crippen LogP contribution in [0.1, 0.15) is 49.9 Å². The summed E-state index contributed by atoms with van der Waals surface area (Å²) in [4.78, 5) is 27.4. The number of rotatable bonds is 8. The molecule has 0 aliphatic carbocycles. The Morgan fingerprint density at radius 3 is 0.872 bits per heavy atom. The van der Waals surface area contributed by atoms with E-state index in [0.717, 1.165) is 0 Å². The van der Waals surface area contributed by atoms with Crippen LogP contribution in [0.2, 0.25) is 0 Å². The molecule has 0 saturated heterocycles. The van der Waals surface area contributed by atoms with Crippen LogP contribution in [0.15, 0.2) is 121 Å². The summed E-state index contributed by atoms with van der Waals surface area (Å²) in [6.45, 7) is 5.58. The minimum absolute atomic E-state index is 0.235. The Bertz CT molecular complexity index is 1230. The predicted octanol–water partition coefficient (Wildman–Crippen LogP) is 7.94. The highest BCUT2D eigenvalue weighted by Gasteiger charge is 2.58. The van der Waals surface area contributed by atoms with Gasteiger partial charge < -0.3 is 4.74 Å². The molecule has 39 heavy (non-hydrogen) atoms. The third-order valence-corrected chi connectivity index (χ3v) is 7.61. The van der Waals surface area contributed by atoms with Crippen LogP contribution < -0.4 is 0 Å². The van der Waals surface area contributed by atoms with Gasteiger partial charge >= 0.3 is 11.9 Å². The van der Waals surface area contributed by atoms with Gasteiger partial charge in [0.25, 0.3) is 0 Å². The van der Waals surface area contributed by atoms with Gasteiger partial charge in [-0.05, 0) is 49.9 Å². The van der Waals surface area contributed by atoms with Crippen molar-refractivity contribution < 1.29 is 23.1 Å². The highest BCUT2D eigenvalue weighted by molar-refractivity contribution is 5.93. The quantitative estimate of drug-likeness (QED) is 0.173. The third-order valence-electron chi connectivity index (χ3n) is 7.61. The first-order chi connectivity index (χ1) is 18.5. The molecule has 0 N–H and O–H groups in total. The minimum atomic E-state index is -2.34. The number of hydrogen-bond acceptors (Lipinski definition) is 3. The first-order valence-electron chi connectivity index (χ1n) is 12.8. The maximum absolute atomic E-state index is 17.3.